The molecule has 150 valence electrons. The Balaban J connectivity index is 1.56. The third-order valence-corrected chi connectivity index (χ3v) is 5.23. The number of nitrogens with one attached hydrogen (secondary N) is 1. The average Bonchev–Trinajstić information content (AvgIpc) is 2.76. The number of anilines is 1. The van der Waals surface area contributed by atoms with Crippen LogP contribution in [0.5, 0.6) is 0 Å². The van der Waals surface area contributed by atoms with Gasteiger partial charge in [-0.3, -0.25) is 9.78 Å². The summed E-state index contributed by atoms with van der Waals surface area (Å²) in [7, 11) is 0. The highest BCUT2D eigenvalue weighted by Gasteiger charge is 2.24. The van der Waals surface area contributed by atoms with Crippen LogP contribution in [-0.4, -0.2) is 23.5 Å². The largest absolute Gasteiger partial charge is 0.452 e. The fourth-order valence-electron chi connectivity index (χ4n) is 3.84. The first kappa shape index (κ1) is 19.6. The number of nitriles is 1. The number of aryl methyl sites for hydroxylation is 2. The van der Waals surface area contributed by atoms with Gasteiger partial charge in [0.25, 0.3) is 5.91 Å². The standard InChI is InChI=1S/C24H21N3O3/c1-15-9-10-21-19(11-15)23(18-7-2-3-8-20(18)27-21)24(29)30-14-22(28)26-17-6-4-5-16(12-17)13-25/h4-6,9-12H,2-3,7-8,14H2,1H3,(H,26,28). The van der Waals surface area contributed by atoms with Crippen LogP contribution < -0.4 is 5.32 Å². The highest BCUT2D eigenvalue weighted by Crippen LogP contribution is 2.30. The Labute approximate surface area is 174 Å². The van der Waals surface area contributed by atoms with Gasteiger partial charge in [-0.25, -0.2) is 4.79 Å². The summed E-state index contributed by atoms with van der Waals surface area (Å²) in [5.41, 5.74) is 5.13. The lowest BCUT2D eigenvalue weighted by molar-refractivity contribution is -0.119. The molecule has 1 amide bonds. The highest BCUT2D eigenvalue weighted by atomic mass is 16.5. The van der Waals surface area contributed by atoms with Crippen LogP contribution in [0.15, 0.2) is 42.5 Å². The molecule has 2 aromatic carbocycles. The number of pyridine rings is 1. The minimum absolute atomic E-state index is 0.403. The van der Waals surface area contributed by atoms with Gasteiger partial charge in [0.2, 0.25) is 0 Å². The van der Waals surface area contributed by atoms with Gasteiger partial charge in [-0.05, 0) is 68.5 Å². The van der Waals surface area contributed by atoms with Crippen molar-refractivity contribution in [1.29, 1.82) is 5.26 Å². The maximum Gasteiger partial charge on any atom is 0.339 e. The topological polar surface area (TPSA) is 92.1 Å². The van der Waals surface area contributed by atoms with Gasteiger partial charge in [0.1, 0.15) is 0 Å². The van der Waals surface area contributed by atoms with Crippen molar-refractivity contribution in [3.05, 3.63) is 70.4 Å². The van der Waals surface area contributed by atoms with E-state index in [4.69, 9.17) is 15.0 Å². The number of esters is 1. The Morgan fingerprint density at radius 3 is 2.83 bits per heavy atom. The fourth-order valence-corrected chi connectivity index (χ4v) is 3.84. The van der Waals surface area contributed by atoms with Gasteiger partial charge in [-0.15, -0.1) is 0 Å². The number of rotatable bonds is 4. The van der Waals surface area contributed by atoms with E-state index in [2.05, 4.69) is 5.32 Å². The number of hydrogen-bond acceptors (Lipinski definition) is 5. The average molecular weight is 399 g/mol. The second-order valence-corrected chi connectivity index (χ2v) is 7.46. The Hall–Kier alpha value is -3.72. The summed E-state index contributed by atoms with van der Waals surface area (Å²) in [6.45, 7) is 1.57. The van der Waals surface area contributed by atoms with Crippen molar-refractivity contribution >= 4 is 28.5 Å². The SMILES string of the molecule is Cc1ccc2nc3c(c(C(=O)OCC(=O)Nc4cccc(C#N)c4)c2c1)CCCC3. The molecule has 4 rings (SSSR count). The summed E-state index contributed by atoms with van der Waals surface area (Å²) < 4.78 is 5.39. The van der Waals surface area contributed by atoms with Gasteiger partial charge >= 0.3 is 5.97 Å². The van der Waals surface area contributed by atoms with Crippen molar-refractivity contribution in [2.24, 2.45) is 0 Å². The van der Waals surface area contributed by atoms with Crippen LogP contribution in [0.2, 0.25) is 0 Å². The zero-order valence-electron chi connectivity index (χ0n) is 16.7. The first-order valence-electron chi connectivity index (χ1n) is 9.94. The molecule has 0 spiro atoms. The summed E-state index contributed by atoms with van der Waals surface area (Å²) in [4.78, 5) is 30.1. The van der Waals surface area contributed by atoms with Crippen LogP contribution in [0, 0.1) is 18.3 Å². The molecular weight excluding hydrogens is 378 g/mol. The maximum absolute atomic E-state index is 13.0. The first-order chi connectivity index (χ1) is 14.5. The van der Waals surface area contributed by atoms with Gasteiger partial charge in [0.15, 0.2) is 6.61 Å². The maximum atomic E-state index is 13.0. The predicted molar refractivity (Wildman–Crippen MR) is 113 cm³/mol. The second kappa shape index (κ2) is 8.34. The van der Waals surface area contributed by atoms with Crippen LogP contribution in [0.1, 0.15) is 45.6 Å². The zero-order valence-corrected chi connectivity index (χ0v) is 16.7. The summed E-state index contributed by atoms with van der Waals surface area (Å²) in [5, 5.41) is 12.4. The molecule has 1 aliphatic rings. The third kappa shape index (κ3) is 4.01. The number of nitrogens with zero attached hydrogens (tertiary/aromatic N) is 2. The summed E-state index contributed by atoms with van der Waals surface area (Å²) >= 11 is 0. The van der Waals surface area contributed by atoms with Gasteiger partial charge in [0, 0.05) is 16.8 Å². The molecule has 1 heterocycles. The van der Waals surface area contributed by atoms with Crippen molar-refractivity contribution in [3.8, 4) is 6.07 Å². The van der Waals surface area contributed by atoms with E-state index in [-0.39, 0.29) is 0 Å². The summed E-state index contributed by atoms with van der Waals surface area (Å²) in [6.07, 6.45) is 3.68. The van der Waals surface area contributed by atoms with Crippen molar-refractivity contribution in [3.63, 3.8) is 0 Å². The van der Waals surface area contributed by atoms with Crippen LogP contribution in [0.3, 0.4) is 0 Å². The summed E-state index contributed by atoms with van der Waals surface area (Å²) in [6, 6.07) is 14.4. The molecule has 30 heavy (non-hydrogen) atoms. The number of carbonyl (C=O) groups is 2. The Morgan fingerprint density at radius 2 is 2.00 bits per heavy atom. The van der Waals surface area contributed by atoms with E-state index in [1.165, 1.54) is 0 Å². The Morgan fingerprint density at radius 1 is 1.17 bits per heavy atom. The molecule has 0 aliphatic heterocycles. The van der Waals surface area contributed by atoms with Crippen LogP contribution in [0.4, 0.5) is 5.69 Å². The molecule has 6 nitrogen and oxygen atoms in total. The molecule has 0 radical (unpaired) electrons. The van der Waals surface area contributed by atoms with Gasteiger partial charge in [0.05, 0.1) is 22.7 Å². The summed E-state index contributed by atoms with van der Waals surface area (Å²) in [5.74, 6) is -0.964. The van der Waals surface area contributed by atoms with Crippen LogP contribution in [0.25, 0.3) is 10.9 Å². The molecule has 6 heteroatoms. The lowest BCUT2D eigenvalue weighted by atomic mass is 9.89. The van der Waals surface area contributed by atoms with Crippen molar-refractivity contribution in [1.82, 2.24) is 4.98 Å². The molecule has 1 aliphatic carbocycles. The molecule has 0 saturated heterocycles. The van der Waals surface area contributed by atoms with Crippen molar-refractivity contribution < 1.29 is 14.3 Å². The monoisotopic (exact) mass is 399 g/mol. The molecule has 1 N–H and O–H groups in total. The quantitative estimate of drug-likeness (QED) is 0.667. The van der Waals surface area contributed by atoms with E-state index < -0.39 is 18.5 Å². The molecule has 1 aromatic heterocycles. The molecule has 0 saturated carbocycles. The Bertz CT molecular complexity index is 1190. The van der Waals surface area contributed by atoms with Crippen LogP contribution >= 0.6 is 0 Å². The normalized spacial score (nSPS) is 12.7. The molecule has 0 bridgehead atoms. The first-order valence-corrected chi connectivity index (χ1v) is 9.94. The molecule has 0 fully saturated rings. The van der Waals surface area contributed by atoms with E-state index in [9.17, 15) is 9.59 Å². The number of amides is 1. The van der Waals surface area contributed by atoms with Crippen molar-refractivity contribution in [2.75, 3.05) is 11.9 Å². The lowest BCUT2D eigenvalue weighted by Gasteiger charge is -2.20. The Kier molecular flexibility index (Phi) is 5.44. The lowest BCUT2D eigenvalue weighted by Crippen LogP contribution is -2.22. The van der Waals surface area contributed by atoms with E-state index in [0.717, 1.165) is 53.4 Å². The predicted octanol–water partition coefficient (Wildman–Crippen LogP) is 4.09. The second-order valence-electron chi connectivity index (χ2n) is 7.46. The number of aromatic nitrogens is 1. The molecular formula is C24H21N3O3. The van der Waals surface area contributed by atoms with E-state index in [0.29, 0.717) is 16.8 Å². The molecule has 0 atom stereocenters. The minimum atomic E-state index is -0.507. The van der Waals surface area contributed by atoms with Crippen molar-refractivity contribution in [2.45, 2.75) is 32.6 Å². The van der Waals surface area contributed by atoms with Crippen LogP contribution in [-0.2, 0) is 22.4 Å². The third-order valence-electron chi connectivity index (χ3n) is 5.23. The fraction of sp³-hybridized carbons (Fsp3) is 0.250. The smallest absolute Gasteiger partial charge is 0.339 e. The van der Waals surface area contributed by atoms with Gasteiger partial charge in [-0.2, -0.15) is 5.26 Å². The number of hydrogen-bond donors (Lipinski definition) is 1. The number of ether oxygens (including phenoxy) is 1. The van der Waals surface area contributed by atoms with E-state index in [1.807, 2.05) is 31.2 Å². The van der Waals surface area contributed by atoms with Gasteiger partial charge in [-0.1, -0.05) is 17.7 Å². The number of fused-ring (bicyclic) bond motifs is 2. The number of benzene rings is 2. The molecule has 3 aromatic rings. The van der Waals surface area contributed by atoms with Gasteiger partial charge < -0.3 is 10.1 Å². The highest BCUT2D eigenvalue weighted by molar-refractivity contribution is 6.06. The molecule has 0 unspecified atom stereocenters. The van der Waals surface area contributed by atoms with E-state index >= 15 is 0 Å². The number of carbonyl (C=O) groups excluding carboxylic acids is 2. The zero-order chi connectivity index (χ0) is 21.1. The van der Waals surface area contributed by atoms with E-state index in [1.54, 1.807) is 24.3 Å². The minimum Gasteiger partial charge on any atom is -0.452 e.